The summed E-state index contributed by atoms with van der Waals surface area (Å²) >= 11 is 0. The van der Waals surface area contributed by atoms with Crippen molar-refractivity contribution in [2.24, 2.45) is 16.7 Å². The summed E-state index contributed by atoms with van der Waals surface area (Å²) in [5.41, 5.74) is 0.453. The van der Waals surface area contributed by atoms with E-state index >= 15 is 0 Å². The standard InChI is InChI=1S/C16H30N2O/c1-8-12-17-11(9-10(2)3)13(19)18(12)14-15(4,5)16(14,6)7/h10-12,14,17H,8-9H2,1-7H3. The van der Waals surface area contributed by atoms with E-state index < -0.39 is 0 Å². The smallest absolute Gasteiger partial charge is 0.241 e. The third kappa shape index (κ3) is 2.10. The molecular formula is C16H30N2O. The molecule has 0 bridgehead atoms. The van der Waals surface area contributed by atoms with Gasteiger partial charge in [0.15, 0.2) is 0 Å². The Morgan fingerprint density at radius 1 is 1.21 bits per heavy atom. The molecule has 3 nitrogen and oxygen atoms in total. The highest BCUT2D eigenvalue weighted by Gasteiger charge is 2.70. The fourth-order valence-corrected chi connectivity index (χ4v) is 3.84. The Morgan fingerprint density at radius 3 is 2.11 bits per heavy atom. The fraction of sp³-hybridized carbons (Fsp3) is 0.938. The van der Waals surface area contributed by atoms with Crippen LogP contribution in [0.5, 0.6) is 0 Å². The van der Waals surface area contributed by atoms with Crippen molar-refractivity contribution < 1.29 is 4.79 Å². The molecule has 1 heterocycles. The summed E-state index contributed by atoms with van der Waals surface area (Å²) in [6, 6.07) is 0.402. The lowest BCUT2D eigenvalue weighted by Gasteiger charge is -2.25. The molecule has 2 fully saturated rings. The minimum atomic E-state index is 0.0251. The first-order chi connectivity index (χ1) is 8.64. The lowest BCUT2D eigenvalue weighted by atomic mass is 10.0. The maximum absolute atomic E-state index is 12.7. The van der Waals surface area contributed by atoms with Gasteiger partial charge in [0, 0.05) is 6.04 Å². The molecule has 0 aromatic rings. The van der Waals surface area contributed by atoms with Gasteiger partial charge in [-0.15, -0.1) is 0 Å². The molecule has 0 spiro atoms. The lowest BCUT2D eigenvalue weighted by molar-refractivity contribution is -0.131. The molecule has 1 saturated carbocycles. The number of hydrogen-bond acceptors (Lipinski definition) is 2. The van der Waals surface area contributed by atoms with Crippen LogP contribution in [0.3, 0.4) is 0 Å². The Kier molecular flexibility index (Phi) is 3.49. The highest BCUT2D eigenvalue weighted by Crippen LogP contribution is 2.66. The molecule has 1 saturated heterocycles. The van der Waals surface area contributed by atoms with Crippen LogP contribution in [0, 0.1) is 16.7 Å². The van der Waals surface area contributed by atoms with Crippen LogP contribution in [0.15, 0.2) is 0 Å². The van der Waals surface area contributed by atoms with Crippen molar-refractivity contribution in [3.63, 3.8) is 0 Å². The average Bonchev–Trinajstić information content (AvgIpc) is 2.53. The number of nitrogens with one attached hydrogen (secondary N) is 1. The summed E-state index contributed by atoms with van der Waals surface area (Å²) in [4.78, 5) is 14.9. The van der Waals surface area contributed by atoms with E-state index in [2.05, 4.69) is 58.7 Å². The van der Waals surface area contributed by atoms with Crippen LogP contribution in [-0.4, -0.2) is 29.1 Å². The predicted octanol–water partition coefficient (Wildman–Crippen LogP) is 3.00. The molecule has 2 aliphatic rings. The zero-order valence-electron chi connectivity index (χ0n) is 13.6. The summed E-state index contributed by atoms with van der Waals surface area (Å²) in [5.74, 6) is 0.878. The second-order valence-corrected chi connectivity index (χ2v) is 7.86. The molecule has 2 unspecified atom stereocenters. The van der Waals surface area contributed by atoms with E-state index in [4.69, 9.17) is 0 Å². The minimum Gasteiger partial charge on any atom is -0.322 e. The van der Waals surface area contributed by atoms with Crippen molar-refractivity contribution in [1.82, 2.24) is 10.2 Å². The quantitative estimate of drug-likeness (QED) is 0.848. The van der Waals surface area contributed by atoms with E-state index in [0.29, 0.717) is 17.9 Å². The van der Waals surface area contributed by atoms with Crippen molar-refractivity contribution in [1.29, 1.82) is 0 Å². The van der Waals surface area contributed by atoms with E-state index in [1.807, 2.05) is 0 Å². The maximum atomic E-state index is 12.7. The maximum Gasteiger partial charge on any atom is 0.241 e. The number of rotatable bonds is 4. The second kappa shape index (κ2) is 4.47. The van der Waals surface area contributed by atoms with Gasteiger partial charge in [0.25, 0.3) is 0 Å². The van der Waals surface area contributed by atoms with E-state index in [-0.39, 0.29) is 23.0 Å². The second-order valence-electron chi connectivity index (χ2n) is 7.86. The Hall–Kier alpha value is -0.570. The first-order valence-corrected chi connectivity index (χ1v) is 7.72. The lowest BCUT2D eigenvalue weighted by Crippen LogP contribution is -2.41. The molecule has 2 rings (SSSR count). The Labute approximate surface area is 118 Å². The molecule has 1 aliphatic heterocycles. The van der Waals surface area contributed by atoms with Crippen molar-refractivity contribution in [3.05, 3.63) is 0 Å². The summed E-state index contributed by atoms with van der Waals surface area (Å²) in [5, 5.41) is 3.55. The van der Waals surface area contributed by atoms with Crippen molar-refractivity contribution in [2.75, 3.05) is 0 Å². The van der Waals surface area contributed by atoms with Gasteiger partial charge in [0.2, 0.25) is 5.91 Å². The van der Waals surface area contributed by atoms with Gasteiger partial charge in [-0.2, -0.15) is 0 Å². The molecule has 2 atom stereocenters. The first-order valence-electron chi connectivity index (χ1n) is 7.72. The summed E-state index contributed by atoms with van der Waals surface area (Å²) in [6.07, 6.45) is 2.16. The number of hydrogen-bond donors (Lipinski definition) is 1. The van der Waals surface area contributed by atoms with E-state index in [0.717, 1.165) is 12.8 Å². The van der Waals surface area contributed by atoms with Gasteiger partial charge < -0.3 is 4.90 Å². The van der Waals surface area contributed by atoms with Crippen molar-refractivity contribution in [3.8, 4) is 0 Å². The summed E-state index contributed by atoms with van der Waals surface area (Å²) in [7, 11) is 0. The normalized spacial score (nSPS) is 33.3. The third-order valence-corrected chi connectivity index (χ3v) is 5.60. The van der Waals surface area contributed by atoms with Gasteiger partial charge in [-0.25, -0.2) is 0 Å². The van der Waals surface area contributed by atoms with Gasteiger partial charge in [-0.1, -0.05) is 48.5 Å². The molecule has 3 heteroatoms. The Bertz CT molecular complexity index is 359. The number of nitrogens with zero attached hydrogens (tertiary/aromatic N) is 1. The monoisotopic (exact) mass is 266 g/mol. The van der Waals surface area contributed by atoms with Crippen LogP contribution < -0.4 is 5.32 Å². The number of carbonyl (C=O) groups is 1. The highest BCUT2D eigenvalue weighted by molar-refractivity contribution is 5.85. The molecule has 0 radical (unpaired) electrons. The molecule has 110 valence electrons. The third-order valence-electron chi connectivity index (χ3n) is 5.60. The van der Waals surface area contributed by atoms with Crippen LogP contribution >= 0.6 is 0 Å². The van der Waals surface area contributed by atoms with Crippen LogP contribution in [0.2, 0.25) is 0 Å². The van der Waals surface area contributed by atoms with Gasteiger partial charge in [0.05, 0.1) is 12.2 Å². The summed E-state index contributed by atoms with van der Waals surface area (Å²) < 4.78 is 0. The molecule has 19 heavy (non-hydrogen) atoms. The van der Waals surface area contributed by atoms with Gasteiger partial charge in [-0.05, 0) is 29.6 Å². The zero-order chi connectivity index (χ0) is 14.6. The van der Waals surface area contributed by atoms with Gasteiger partial charge in [-0.3, -0.25) is 10.1 Å². The molecule has 1 amide bonds. The van der Waals surface area contributed by atoms with E-state index in [1.54, 1.807) is 0 Å². The SMILES string of the molecule is CCC1NC(CC(C)C)C(=O)N1C1C(C)(C)C1(C)C. The predicted molar refractivity (Wildman–Crippen MR) is 78.7 cm³/mol. The Balaban J connectivity index is 2.19. The molecule has 0 aromatic heterocycles. The van der Waals surface area contributed by atoms with Gasteiger partial charge in [0.1, 0.15) is 0 Å². The molecular weight excluding hydrogens is 236 g/mol. The topological polar surface area (TPSA) is 32.3 Å². The number of amides is 1. The molecule has 1 aliphatic carbocycles. The van der Waals surface area contributed by atoms with Crippen LogP contribution in [0.1, 0.15) is 61.3 Å². The van der Waals surface area contributed by atoms with Gasteiger partial charge >= 0.3 is 0 Å². The average molecular weight is 266 g/mol. The van der Waals surface area contributed by atoms with Crippen molar-refractivity contribution >= 4 is 5.91 Å². The van der Waals surface area contributed by atoms with Crippen LogP contribution in [0.25, 0.3) is 0 Å². The Morgan fingerprint density at radius 2 is 1.74 bits per heavy atom. The van der Waals surface area contributed by atoms with E-state index in [1.165, 1.54) is 0 Å². The summed E-state index contributed by atoms with van der Waals surface area (Å²) in [6.45, 7) is 15.7. The zero-order valence-corrected chi connectivity index (χ0v) is 13.6. The fourth-order valence-electron chi connectivity index (χ4n) is 3.84. The minimum absolute atomic E-state index is 0.0251. The van der Waals surface area contributed by atoms with E-state index in [9.17, 15) is 4.79 Å². The van der Waals surface area contributed by atoms with Crippen LogP contribution in [-0.2, 0) is 4.79 Å². The van der Waals surface area contributed by atoms with Crippen LogP contribution in [0.4, 0.5) is 0 Å². The number of carbonyl (C=O) groups excluding carboxylic acids is 1. The largest absolute Gasteiger partial charge is 0.322 e. The molecule has 0 aromatic carbocycles. The van der Waals surface area contributed by atoms with Crippen molar-refractivity contribution in [2.45, 2.75) is 79.6 Å². The molecule has 1 N–H and O–H groups in total. The first kappa shape index (κ1) is 14.8. The highest BCUT2D eigenvalue weighted by atomic mass is 16.2.